The molecule has 2 aliphatic rings. The van der Waals surface area contributed by atoms with E-state index in [4.69, 9.17) is 42.6 Å². The first-order chi connectivity index (χ1) is 22.5. The fraction of sp³-hybridized carbons (Fsp3) is 0.941. The first-order valence-electron chi connectivity index (χ1n) is 17.6. The topological polar surface area (TPSA) is 137 Å². The number of hydrogen-bond acceptors (Lipinski definition) is 11. The standard InChI is InChI=1S/C34H62O12/c1-3-4-5-6-7-8-9-10-11-12-34(46-33(37)29(2)32(35)36,25-30-27-42-19-17-38-13-15-40-21-23-44-30)26-31-28-43-20-18-39-14-16-41-22-24-45-31/h29-31H,3-28H2,1-2H3,(H,35,36). The van der Waals surface area contributed by atoms with Crippen molar-refractivity contribution in [2.24, 2.45) is 5.92 Å². The van der Waals surface area contributed by atoms with Crippen molar-refractivity contribution in [2.45, 2.75) is 109 Å². The maximum atomic E-state index is 13.3. The quantitative estimate of drug-likeness (QED) is 0.133. The summed E-state index contributed by atoms with van der Waals surface area (Å²) in [6, 6.07) is 0. The Morgan fingerprint density at radius 3 is 1.46 bits per heavy atom. The summed E-state index contributed by atoms with van der Waals surface area (Å²) in [6.07, 6.45) is 10.6. The number of ether oxygens (including phenoxy) is 9. The second kappa shape index (κ2) is 26.6. The number of aliphatic carboxylic acids is 1. The van der Waals surface area contributed by atoms with E-state index in [9.17, 15) is 14.7 Å². The summed E-state index contributed by atoms with van der Waals surface area (Å²) >= 11 is 0. The monoisotopic (exact) mass is 662 g/mol. The van der Waals surface area contributed by atoms with Crippen molar-refractivity contribution in [1.82, 2.24) is 0 Å². The number of unbranched alkanes of at least 4 members (excludes halogenated alkanes) is 8. The Hall–Kier alpha value is -1.38. The van der Waals surface area contributed by atoms with Crippen LogP contribution in [-0.4, -0.2) is 127 Å². The number of hydrogen-bond donors (Lipinski definition) is 1. The average molecular weight is 663 g/mol. The summed E-state index contributed by atoms with van der Waals surface area (Å²) in [5.41, 5.74) is -1.08. The van der Waals surface area contributed by atoms with Gasteiger partial charge in [0, 0.05) is 12.8 Å². The van der Waals surface area contributed by atoms with Crippen LogP contribution in [0.2, 0.25) is 0 Å². The van der Waals surface area contributed by atoms with Crippen LogP contribution >= 0.6 is 0 Å². The summed E-state index contributed by atoms with van der Waals surface area (Å²) < 4.78 is 53.0. The molecular weight excluding hydrogens is 600 g/mol. The van der Waals surface area contributed by atoms with Crippen LogP contribution in [-0.2, 0) is 52.2 Å². The lowest BCUT2D eigenvalue weighted by atomic mass is 9.84. The number of rotatable bonds is 17. The second-order valence-corrected chi connectivity index (χ2v) is 12.2. The molecule has 1 N–H and O–H groups in total. The van der Waals surface area contributed by atoms with Gasteiger partial charge in [0.15, 0.2) is 5.92 Å². The largest absolute Gasteiger partial charge is 0.481 e. The predicted octanol–water partition coefficient (Wildman–Crippen LogP) is 4.59. The van der Waals surface area contributed by atoms with Gasteiger partial charge >= 0.3 is 11.9 Å². The zero-order chi connectivity index (χ0) is 33.1. The molecule has 12 heteroatoms. The number of carboxylic acids is 1. The van der Waals surface area contributed by atoms with Gasteiger partial charge in [0.1, 0.15) is 5.60 Å². The maximum Gasteiger partial charge on any atom is 0.320 e. The van der Waals surface area contributed by atoms with Crippen LogP contribution in [0.1, 0.15) is 90.9 Å². The maximum absolute atomic E-state index is 13.3. The van der Waals surface area contributed by atoms with Gasteiger partial charge in [-0.3, -0.25) is 9.59 Å². The second-order valence-electron chi connectivity index (χ2n) is 12.2. The molecule has 0 saturated carbocycles. The van der Waals surface area contributed by atoms with Gasteiger partial charge in [0.2, 0.25) is 0 Å². The van der Waals surface area contributed by atoms with Crippen LogP contribution in [0.4, 0.5) is 0 Å². The van der Waals surface area contributed by atoms with Crippen LogP contribution in [0.25, 0.3) is 0 Å². The minimum atomic E-state index is -1.32. The molecule has 12 nitrogen and oxygen atoms in total. The summed E-state index contributed by atoms with van der Waals surface area (Å²) in [4.78, 5) is 25.2. The van der Waals surface area contributed by atoms with E-state index in [-0.39, 0.29) is 13.2 Å². The highest BCUT2D eigenvalue weighted by atomic mass is 16.6. The van der Waals surface area contributed by atoms with E-state index >= 15 is 0 Å². The smallest absolute Gasteiger partial charge is 0.320 e. The molecular formula is C34H62O12. The van der Waals surface area contributed by atoms with Gasteiger partial charge in [-0.2, -0.15) is 0 Å². The highest BCUT2D eigenvalue weighted by Gasteiger charge is 2.41. The van der Waals surface area contributed by atoms with E-state index < -0.39 is 35.7 Å². The Morgan fingerprint density at radius 1 is 0.630 bits per heavy atom. The van der Waals surface area contributed by atoms with Gasteiger partial charge < -0.3 is 47.7 Å². The van der Waals surface area contributed by atoms with Gasteiger partial charge in [-0.15, -0.1) is 0 Å². The molecule has 0 aromatic heterocycles. The molecule has 0 aromatic carbocycles. The van der Waals surface area contributed by atoms with Crippen molar-refractivity contribution in [2.75, 3.05) is 92.5 Å². The van der Waals surface area contributed by atoms with Gasteiger partial charge in [0.05, 0.1) is 105 Å². The molecule has 3 unspecified atom stereocenters. The van der Waals surface area contributed by atoms with Crippen molar-refractivity contribution in [3.8, 4) is 0 Å². The van der Waals surface area contributed by atoms with Crippen molar-refractivity contribution in [3.05, 3.63) is 0 Å². The number of carbonyl (C=O) groups is 2. The Morgan fingerprint density at radius 2 is 1.02 bits per heavy atom. The molecule has 0 radical (unpaired) electrons. The predicted molar refractivity (Wildman–Crippen MR) is 171 cm³/mol. The molecule has 0 bridgehead atoms. The first kappa shape index (κ1) is 40.8. The van der Waals surface area contributed by atoms with E-state index in [2.05, 4.69) is 6.92 Å². The Kier molecular flexibility index (Phi) is 23.6. The summed E-state index contributed by atoms with van der Waals surface area (Å²) in [6.45, 7) is 9.13. The van der Waals surface area contributed by atoms with Gasteiger partial charge in [-0.05, 0) is 19.8 Å². The zero-order valence-corrected chi connectivity index (χ0v) is 28.6. The third-order valence-corrected chi connectivity index (χ3v) is 8.23. The van der Waals surface area contributed by atoms with Crippen LogP contribution in [0, 0.1) is 5.92 Å². The Balaban J connectivity index is 2.26. The van der Waals surface area contributed by atoms with Crippen molar-refractivity contribution < 1.29 is 57.3 Å². The summed E-state index contributed by atoms with van der Waals surface area (Å²) in [7, 11) is 0. The first-order valence-corrected chi connectivity index (χ1v) is 17.6. The van der Waals surface area contributed by atoms with Crippen molar-refractivity contribution >= 4 is 11.9 Å². The molecule has 0 aliphatic carbocycles. The molecule has 2 fully saturated rings. The van der Waals surface area contributed by atoms with E-state index in [1.807, 2.05) is 0 Å². The summed E-state index contributed by atoms with van der Waals surface area (Å²) in [5, 5.41) is 9.65. The summed E-state index contributed by atoms with van der Waals surface area (Å²) in [5.74, 6) is -3.33. The zero-order valence-electron chi connectivity index (χ0n) is 28.6. The molecule has 0 aromatic rings. The third-order valence-electron chi connectivity index (χ3n) is 8.23. The molecule has 3 atom stereocenters. The Bertz CT molecular complexity index is 710. The molecule has 2 aliphatic heterocycles. The lowest BCUT2D eigenvalue weighted by Gasteiger charge is -2.39. The molecule has 46 heavy (non-hydrogen) atoms. The number of carbonyl (C=O) groups excluding carboxylic acids is 1. The van der Waals surface area contributed by atoms with Gasteiger partial charge in [0.25, 0.3) is 0 Å². The van der Waals surface area contributed by atoms with E-state index in [0.717, 1.165) is 25.7 Å². The van der Waals surface area contributed by atoms with Crippen LogP contribution in [0.15, 0.2) is 0 Å². The lowest BCUT2D eigenvalue weighted by Crippen LogP contribution is -2.46. The molecule has 0 amide bonds. The number of esters is 1. The normalized spacial score (nSPS) is 23.8. The Labute approximate surface area is 276 Å². The molecule has 0 spiro atoms. The van der Waals surface area contributed by atoms with Crippen molar-refractivity contribution in [3.63, 3.8) is 0 Å². The highest BCUT2D eigenvalue weighted by Crippen LogP contribution is 2.34. The van der Waals surface area contributed by atoms with Gasteiger partial charge in [-0.25, -0.2) is 0 Å². The van der Waals surface area contributed by atoms with Crippen LogP contribution < -0.4 is 0 Å². The fourth-order valence-electron chi connectivity index (χ4n) is 5.60. The molecule has 2 heterocycles. The van der Waals surface area contributed by atoms with Crippen molar-refractivity contribution in [1.29, 1.82) is 0 Å². The highest BCUT2D eigenvalue weighted by molar-refractivity contribution is 5.93. The van der Waals surface area contributed by atoms with E-state index in [1.54, 1.807) is 0 Å². The lowest BCUT2D eigenvalue weighted by molar-refractivity contribution is -0.183. The minimum Gasteiger partial charge on any atom is -0.481 e. The SMILES string of the molecule is CCCCCCCCCCCC(CC1COCCOCCOCCO1)(CC1COCCOCCOCCO1)OC(=O)C(C)C(=O)O. The van der Waals surface area contributed by atoms with Crippen LogP contribution in [0.3, 0.4) is 0 Å². The minimum absolute atomic E-state index is 0.266. The average Bonchev–Trinajstić information content (AvgIpc) is 3.02. The number of carboxylic acid groups (broad SMARTS) is 1. The fourth-order valence-corrected chi connectivity index (χ4v) is 5.60. The van der Waals surface area contributed by atoms with E-state index in [0.29, 0.717) is 98.5 Å². The van der Waals surface area contributed by atoms with Crippen LogP contribution in [0.5, 0.6) is 0 Å². The van der Waals surface area contributed by atoms with Gasteiger partial charge in [-0.1, -0.05) is 58.3 Å². The molecule has 270 valence electrons. The molecule has 2 rings (SSSR count). The van der Waals surface area contributed by atoms with E-state index in [1.165, 1.54) is 39.0 Å². The molecule has 2 saturated heterocycles. The third kappa shape index (κ3) is 19.4.